The van der Waals surface area contributed by atoms with Crippen LogP contribution in [0.4, 0.5) is 4.39 Å². The highest BCUT2D eigenvalue weighted by Crippen LogP contribution is 2.32. The van der Waals surface area contributed by atoms with Gasteiger partial charge in [0.05, 0.1) is 13.2 Å². The van der Waals surface area contributed by atoms with E-state index in [1.165, 1.54) is 17.4 Å². The van der Waals surface area contributed by atoms with Crippen LogP contribution in [0.1, 0.15) is 16.5 Å². The Kier molecular flexibility index (Phi) is 4.22. The van der Waals surface area contributed by atoms with E-state index in [4.69, 9.17) is 16.3 Å². The van der Waals surface area contributed by atoms with Gasteiger partial charge in [-0.25, -0.2) is 4.39 Å². The number of benzene rings is 1. The molecule has 0 radical (unpaired) electrons. The number of hydrogen-bond acceptors (Lipinski definition) is 3. The lowest BCUT2D eigenvalue weighted by Crippen LogP contribution is -2.17. The third kappa shape index (κ3) is 2.66. The minimum absolute atomic E-state index is 0.198. The van der Waals surface area contributed by atoms with Gasteiger partial charge in [-0.15, -0.1) is 11.3 Å². The largest absolute Gasteiger partial charge is 0.496 e. The summed E-state index contributed by atoms with van der Waals surface area (Å²) in [5.74, 6) is 0.471. The van der Waals surface area contributed by atoms with E-state index in [1.807, 2.05) is 11.4 Å². The maximum atomic E-state index is 13.9. The van der Waals surface area contributed by atoms with Gasteiger partial charge in [0.1, 0.15) is 11.6 Å². The summed E-state index contributed by atoms with van der Waals surface area (Å²) in [6, 6.07) is 6.42. The van der Waals surface area contributed by atoms with Gasteiger partial charge in [0, 0.05) is 20.8 Å². The fourth-order valence-corrected chi connectivity index (χ4v) is 2.92. The van der Waals surface area contributed by atoms with Crippen LogP contribution in [-0.4, -0.2) is 14.2 Å². The summed E-state index contributed by atoms with van der Waals surface area (Å²) in [7, 11) is 3.41. The zero-order chi connectivity index (χ0) is 13.1. The lowest BCUT2D eigenvalue weighted by molar-refractivity contribution is 0.416. The molecule has 1 unspecified atom stereocenters. The Balaban J connectivity index is 2.38. The Morgan fingerprint density at radius 1 is 1.39 bits per heavy atom. The Hall–Kier alpha value is -1.10. The summed E-state index contributed by atoms with van der Waals surface area (Å²) in [6.07, 6.45) is 0. The molecule has 0 amide bonds. The molecule has 0 aliphatic heterocycles. The monoisotopic (exact) mass is 285 g/mol. The zero-order valence-corrected chi connectivity index (χ0v) is 11.6. The molecular weight excluding hydrogens is 273 g/mol. The second-order valence-corrected chi connectivity index (χ2v) is 5.16. The standard InChI is InChI=1S/C13H13ClFNOS/c1-16-13(12-6-9(17-2)7-18-12)10-4-3-8(14)5-11(10)15/h3-7,13,16H,1-2H3. The van der Waals surface area contributed by atoms with E-state index in [0.717, 1.165) is 10.6 Å². The first-order valence-electron chi connectivity index (χ1n) is 5.40. The van der Waals surface area contributed by atoms with Crippen molar-refractivity contribution in [1.29, 1.82) is 0 Å². The van der Waals surface area contributed by atoms with Crippen molar-refractivity contribution in [2.75, 3.05) is 14.2 Å². The summed E-state index contributed by atoms with van der Waals surface area (Å²) >= 11 is 7.29. The number of hydrogen-bond donors (Lipinski definition) is 1. The quantitative estimate of drug-likeness (QED) is 0.921. The second kappa shape index (κ2) is 5.69. The molecule has 0 saturated carbocycles. The molecule has 2 nitrogen and oxygen atoms in total. The smallest absolute Gasteiger partial charge is 0.129 e. The molecule has 2 aromatic rings. The van der Waals surface area contributed by atoms with Crippen molar-refractivity contribution in [1.82, 2.24) is 5.32 Å². The molecule has 2 rings (SSSR count). The van der Waals surface area contributed by atoms with E-state index in [9.17, 15) is 4.39 Å². The van der Waals surface area contributed by atoms with Crippen LogP contribution in [0.25, 0.3) is 0 Å². The summed E-state index contributed by atoms with van der Waals surface area (Å²) in [5, 5.41) is 5.40. The van der Waals surface area contributed by atoms with Crippen LogP contribution in [0.15, 0.2) is 29.6 Å². The number of methoxy groups -OCH3 is 1. The number of thiophene rings is 1. The number of ether oxygens (including phenoxy) is 1. The number of rotatable bonds is 4. The third-order valence-electron chi connectivity index (χ3n) is 2.68. The Bertz CT molecular complexity index is 544. The summed E-state index contributed by atoms with van der Waals surface area (Å²) in [4.78, 5) is 0.996. The van der Waals surface area contributed by atoms with Gasteiger partial charge in [0.15, 0.2) is 0 Å². The van der Waals surface area contributed by atoms with E-state index in [2.05, 4.69) is 5.32 Å². The van der Waals surface area contributed by atoms with E-state index < -0.39 is 0 Å². The summed E-state index contributed by atoms with van der Waals surface area (Å²) in [6.45, 7) is 0. The molecule has 5 heteroatoms. The molecule has 18 heavy (non-hydrogen) atoms. The van der Waals surface area contributed by atoms with Gasteiger partial charge in [0.2, 0.25) is 0 Å². The Morgan fingerprint density at radius 3 is 2.72 bits per heavy atom. The molecule has 1 aromatic heterocycles. The lowest BCUT2D eigenvalue weighted by Gasteiger charge is -2.15. The molecule has 0 aliphatic carbocycles. The van der Waals surface area contributed by atoms with Crippen LogP contribution in [-0.2, 0) is 0 Å². The van der Waals surface area contributed by atoms with Gasteiger partial charge in [0.25, 0.3) is 0 Å². The highest BCUT2D eigenvalue weighted by atomic mass is 35.5. The molecule has 0 saturated heterocycles. The first kappa shape index (κ1) is 13.3. The SMILES string of the molecule is CNC(c1cc(OC)cs1)c1ccc(Cl)cc1F. The molecule has 0 bridgehead atoms. The van der Waals surface area contributed by atoms with Crippen molar-refractivity contribution in [2.24, 2.45) is 0 Å². The molecule has 1 aromatic carbocycles. The fraction of sp³-hybridized carbons (Fsp3) is 0.231. The number of nitrogens with one attached hydrogen (secondary N) is 1. The molecule has 1 N–H and O–H groups in total. The maximum Gasteiger partial charge on any atom is 0.129 e. The Morgan fingerprint density at radius 2 is 2.17 bits per heavy atom. The fourth-order valence-electron chi connectivity index (χ4n) is 1.78. The number of halogens is 2. The second-order valence-electron chi connectivity index (χ2n) is 3.78. The predicted molar refractivity (Wildman–Crippen MR) is 73.2 cm³/mol. The van der Waals surface area contributed by atoms with E-state index in [1.54, 1.807) is 26.3 Å². The lowest BCUT2D eigenvalue weighted by atomic mass is 10.0. The average molecular weight is 286 g/mol. The van der Waals surface area contributed by atoms with Gasteiger partial charge >= 0.3 is 0 Å². The van der Waals surface area contributed by atoms with Crippen LogP contribution in [0.5, 0.6) is 5.75 Å². The van der Waals surface area contributed by atoms with E-state index in [-0.39, 0.29) is 11.9 Å². The van der Waals surface area contributed by atoms with Gasteiger partial charge in [-0.3, -0.25) is 0 Å². The van der Waals surface area contributed by atoms with Crippen LogP contribution in [0.2, 0.25) is 5.02 Å². The normalized spacial score (nSPS) is 12.4. The Labute approximate surface area is 114 Å². The van der Waals surface area contributed by atoms with E-state index >= 15 is 0 Å². The van der Waals surface area contributed by atoms with Gasteiger partial charge in [-0.1, -0.05) is 17.7 Å². The van der Waals surface area contributed by atoms with Crippen LogP contribution in [0, 0.1) is 5.82 Å². The van der Waals surface area contributed by atoms with Gasteiger partial charge in [-0.2, -0.15) is 0 Å². The van der Waals surface area contributed by atoms with Gasteiger partial charge in [-0.05, 0) is 25.2 Å². The molecule has 1 atom stereocenters. The molecule has 0 aliphatic rings. The predicted octanol–water partition coefficient (Wildman–Crippen LogP) is 3.86. The van der Waals surface area contributed by atoms with Gasteiger partial charge < -0.3 is 10.1 Å². The highest BCUT2D eigenvalue weighted by molar-refractivity contribution is 7.10. The minimum atomic E-state index is -0.311. The van der Waals surface area contributed by atoms with Crippen molar-refractivity contribution >= 4 is 22.9 Å². The van der Waals surface area contributed by atoms with Crippen molar-refractivity contribution in [3.8, 4) is 5.75 Å². The van der Waals surface area contributed by atoms with Crippen LogP contribution < -0.4 is 10.1 Å². The molecule has 0 fully saturated rings. The van der Waals surface area contributed by atoms with Crippen molar-refractivity contribution in [3.05, 3.63) is 50.9 Å². The average Bonchev–Trinajstić information content (AvgIpc) is 2.81. The minimum Gasteiger partial charge on any atom is -0.496 e. The van der Waals surface area contributed by atoms with Crippen LogP contribution >= 0.6 is 22.9 Å². The van der Waals surface area contributed by atoms with Crippen molar-refractivity contribution in [2.45, 2.75) is 6.04 Å². The first-order valence-corrected chi connectivity index (χ1v) is 6.66. The molecular formula is C13H13ClFNOS. The third-order valence-corrected chi connectivity index (χ3v) is 3.89. The summed E-state index contributed by atoms with van der Waals surface area (Å²) < 4.78 is 19.1. The molecule has 1 heterocycles. The first-order chi connectivity index (χ1) is 8.65. The summed E-state index contributed by atoms with van der Waals surface area (Å²) in [5.41, 5.74) is 0.575. The van der Waals surface area contributed by atoms with Crippen molar-refractivity contribution < 1.29 is 9.13 Å². The zero-order valence-electron chi connectivity index (χ0n) is 10.0. The van der Waals surface area contributed by atoms with Crippen molar-refractivity contribution in [3.63, 3.8) is 0 Å². The molecule has 0 spiro atoms. The van der Waals surface area contributed by atoms with Crippen LogP contribution in [0.3, 0.4) is 0 Å². The molecule has 96 valence electrons. The highest BCUT2D eigenvalue weighted by Gasteiger charge is 2.18. The topological polar surface area (TPSA) is 21.3 Å². The van der Waals surface area contributed by atoms with E-state index in [0.29, 0.717) is 10.6 Å². The maximum absolute atomic E-state index is 13.9.